The topological polar surface area (TPSA) is 44.1 Å². The van der Waals surface area contributed by atoms with Crippen LogP contribution in [0.2, 0.25) is 0 Å². The summed E-state index contributed by atoms with van der Waals surface area (Å²) in [5, 5.41) is 8.86. The predicted molar refractivity (Wildman–Crippen MR) is 70.0 cm³/mol. The van der Waals surface area contributed by atoms with Crippen LogP contribution in [0.1, 0.15) is 18.9 Å². The molecular weight excluding hydrogens is 280 g/mol. The van der Waals surface area contributed by atoms with Crippen LogP contribution in [-0.2, 0) is 11.3 Å². The summed E-state index contributed by atoms with van der Waals surface area (Å²) in [6, 6.07) is 9.79. The third kappa shape index (κ3) is 3.57. The molecule has 0 aliphatic heterocycles. The molecule has 0 saturated carbocycles. The zero-order chi connectivity index (χ0) is 12.8. The van der Waals surface area contributed by atoms with Crippen molar-refractivity contribution < 1.29 is 4.79 Å². The first-order valence-corrected chi connectivity index (χ1v) is 6.27. The first-order chi connectivity index (χ1) is 8.10. The standard InChI is InChI=1S/C13H15BrN2O/c1-3-10(8-15)13(17)16(2)9-11-6-4-5-7-12(11)14/h4-7,10H,3,9H2,1-2H3. The molecule has 1 atom stereocenters. The maximum atomic E-state index is 11.9. The number of nitriles is 1. The third-order valence-corrected chi connectivity index (χ3v) is 3.38. The molecule has 90 valence electrons. The minimum atomic E-state index is -0.539. The third-order valence-electron chi connectivity index (χ3n) is 2.60. The average Bonchev–Trinajstić information content (AvgIpc) is 2.33. The van der Waals surface area contributed by atoms with Crippen LogP contribution >= 0.6 is 15.9 Å². The van der Waals surface area contributed by atoms with Gasteiger partial charge in [-0.1, -0.05) is 41.1 Å². The van der Waals surface area contributed by atoms with Gasteiger partial charge in [-0.15, -0.1) is 0 Å². The van der Waals surface area contributed by atoms with Crippen LogP contribution in [0, 0.1) is 17.2 Å². The van der Waals surface area contributed by atoms with Crippen LogP contribution < -0.4 is 0 Å². The second-order valence-corrected chi connectivity index (χ2v) is 4.73. The van der Waals surface area contributed by atoms with Crippen molar-refractivity contribution >= 4 is 21.8 Å². The molecule has 1 rings (SSSR count). The summed E-state index contributed by atoms with van der Waals surface area (Å²) < 4.78 is 0.977. The van der Waals surface area contributed by atoms with Gasteiger partial charge in [0.25, 0.3) is 0 Å². The van der Waals surface area contributed by atoms with Crippen molar-refractivity contribution in [2.75, 3.05) is 7.05 Å². The van der Waals surface area contributed by atoms with Gasteiger partial charge in [0.1, 0.15) is 5.92 Å². The van der Waals surface area contributed by atoms with E-state index in [1.807, 2.05) is 37.3 Å². The van der Waals surface area contributed by atoms with E-state index < -0.39 is 5.92 Å². The molecule has 0 N–H and O–H groups in total. The number of amides is 1. The smallest absolute Gasteiger partial charge is 0.239 e. The second kappa shape index (κ2) is 6.41. The maximum Gasteiger partial charge on any atom is 0.239 e. The van der Waals surface area contributed by atoms with Gasteiger partial charge in [0.15, 0.2) is 0 Å². The molecule has 0 fully saturated rings. The molecule has 1 amide bonds. The van der Waals surface area contributed by atoms with Crippen molar-refractivity contribution in [2.24, 2.45) is 5.92 Å². The normalized spacial score (nSPS) is 11.6. The van der Waals surface area contributed by atoms with E-state index >= 15 is 0 Å². The Kier molecular flexibility index (Phi) is 5.17. The summed E-state index contributed by atoms with van der Waals surface area (Å²) >= 11 is 3.44. The molecule has 4 heteroatoms. The van der Waals surface area contributed by atoms with Gasteiger partial charge in [-0.05, 0) is 18.1 Å². The first-order valence-electron chi connectivity index (χ1n) is 5.48. The molecule has 0 aromatic heterocycles. The molecule has 3 nitrogen and oxygen atoms in total. The van der Waals surface area contributed by atoms with Crippen LogP contribution in [0.15, 0.2) is 28.7 Å². The van der Waals surface area contributed by atoms with E-state index in [4.69, 9.17) is 5.26 Å². The molecule has 1 aromatic carbocycles. The Morgan fingerprint density at radius 3 is 2.71 bits per heavy atom. The van der Waals surface area contributed by atoms with Crippen molar-refractivity contribution in [2.45, 2.75) is 19.9 Å². The molecule has 0 saturated heterocycles. The Morgan fingerprint density at radius 2 is 2.18 bits per heavy atom. The van der Waals surface area contributed by atoms with E-state index in [1.165, 1.54) is 0 Å². The molecule has 0 bridgehead atoms. The van der Waals surface area contributed by atoms with Gasteiger partial charge in [-0.3, -0.25) is 4.79 Å². The lowest BCUT2D eigenvalue weighted by molar-refractivity contribution is -0.133. The SMILES string of the molecule is CCC(C#N)C(=O)N(C)Cc1ccccc1Br. The van der Waals surface area contributed by atoms with Gasteiger partial charge in [0.05, 0.1) is 6.07 Å². The predicted octanol–water partition coefficient (Wildman–Crippen LogP) is 2.96. The zero-order valence-electron chi connectivity index (χ0n) is 9.98. The number of rotatable bonds is 4. The summed E-state index contributed by atoms with van der Waals surface area (Å²) in [7, 11) is 1.72. The lowest BCUT2D eigenvalue weighted by Crippen LogP contribution is -2.31. The summed E-state index contributed by atoms with van der Waals surface area (Å²) in [5.41, 5.74) is 1.04. The van der Waals surface area contributed by atoms with Crippen LogP contribution in [0.25, 0.3) is 0 Å². The molecule has 0 radical (unpaired) electrons. The summed E-state index contributed by atoms with van der Waals surface area (Å²) in [5.74, 6) is -0.659. The summed E-state index contributed by atoms with van der Waals surface area (Å²) in [6.45, 7) is 2.36. The molecule has 1 unspecified atom stereocenters. The quantitative estimate of drug-likeness (QED) is 0.857. The fourth-order valence-corrected chi connectivity index (χ4v) is 1.96. The average molecular weight is 295 g/mol. The lowest BCUT2D eigenvalue weighted by atomic mass is 10.1. The summed E-state index contributed by atoms with van der Waals surface area (Å²) in [6.07, 6.45) is 0.551. The number of carbonyl (C=O) groups is 1. The molecule has 0 heterocycles. The van der Waals surface area contributed by atoms with Crippen molar-refractivity contribution in [1.29, 1.82) is 5.26 Å². The van der Waals surface area contributed by atoms with Gasteiger partial charge >= 0.3 is 0 Å². The van der Waals surface area contributed by atoms with E-state index in [9.17, 15) is 4.79 Å². The minimum absolute atomic E-state index is 0.120. The van der Waals surface area contributed by atoms with E-state index in [2.05, 4.69) is 15.9 Å². The summed E-state index contributed by atoms with van der Waals surface area (Å²) in [4.78, 5) is 13.5. The van der Waals surface area contributed by atoms with E-state index in [-0.39, 0.29) is 5.91 Å². The van der Waals surface area contributed by atoms with E-state index in [0.717, 1.165) is 10.0 Å². The van der Waals surface area contributed by atoms with Crippen molar-refractivity contribution in [3.8, 4) is 6.07 Å². The highest BCUT2D eigenvalue weighted by molar-refractivity contribution is 9.10. The number of carbonyl (C=O) groups excluding carboxylic acids is 1. The molecular formula is C13H15BrN2O. The number of hydrogen-bond acceptors (Lipinski definition) is 2. The largest absolute Gasteiger partial charge is 0.340 e. The van der Waals surface area contributed by atoms with Crippen molar-refractivity contribution in [3.63, 3.8) is 0 Å². The highest BCUT2D eigenvalue weighted by atomic mass is 79.9. The Hall–Kier alpha value is -1.34. The fourth-order valence-electron chi connectivity index (χ4n) is 1.55. The zero-order valence-corrected chi connectivity index (χ0v) is 11.6. The highest BCUT2D eigenvalue weighted by Crippen LogP contribution is 2.18. The molecule has 1 aromatic rings. The highest BCUT2D eigenvalue weighted by Gasteiger charge is 2.20. The second-order valence-electron chi connectivity index (χ2n) is 3.88. The van der Waals surface area contributed by atoms with Gasteiger partial charge in [0, 0.05) is 18.1 Å². The molecule has 0 aliphatic carbocycles. The fraction of sp³-hybridized carbons (Fsp3) is 0.385. The van der Waals surface area contributed by atoms with Crippen molar-refractivity contribution in [3.05, 3.63) is 34.3 Å². The lowest BCUT2D eigenvalue weighted by Gasteiger charge is -2.20. The Balaban J connectivity index is 2.73. The van der Waals surface area contributed by atoms with Gasteiger partial charge in [-0.25, -0.2) is 0 Å². The van der Waals surface area contributed by atoms with Gasteiger partial charge < -0.3 is 4.90 Å². The van der Waals surface area contributed by atoms with Gasteiger partial charge in [-0.2, -0.15) is 5.26 Å². The van der Waals surface area contributed by atoms with E-state index in [1.54, 1.807) is 11.9 Å². The Morgan fingerprint density at radius 1 is 1.53 bits per heavy atom. The van der Waals surface area contributed by atoms with Crippen LogP contribution in [0.4, 0.5) is 0 Å². The number of benzene rings is 1. The molecule has 17 heavy (non-hydrogen) atoms. The first kappa shape index (κ1) is 13.7. The number of nitrogens with zero attached hydrogens (tertiary/aromatic N) is 2. The van der Waals surface area contributed by atoms with Crippen LogP contribution in [0.3, 0.4) is 0 Å². The van der Waals surface area contributed by atoms with Crippen LogP contribution in [-0.4, -0.2) is 17.9 Å². The Bertz CT molecular complexity index is 439. The van der Waals surface area contributed by atoms with Gasteiger partial charge in [0.2, 0.25) is 5.91 Å². The number of hydrogen-bond donors (Lipinski definition) is 0. The number of halogens is 1. The van der Waals surface area contributed by atoms with E-state index in [0.29, 0.717) is 13.0 Å². The molecule has 0 aliphatic rings. The Labute approximate surface area is 110 Å². The maximum absolute atomic E-state index is 11.9. The van der Waals surface area contributed by atoms with Crippen molar-refractivity contribution in [1.82, 2.24) is 4.90 Å². The van der Waals surface area contributed by atoms with Crippen LogP contribution in [0.5, 0.6) is 0 Å². The molecule has 0 spiro atoms. The monoisotopic (exact) mass is 294 g/mol. The minimum Gasteiger partial charge on any atom is -0.340 e.